The van der Waals surface area contributed by atoms with Crippen LogP contribution in [-0.4, -0.2) is 50.5 Å². The molecule has 0 atom stereocenters. The number of nitrogens with zero attached hydrogens (tertiary/aromatic N) is 5. The highest BCUT2D eigenvalue weighted by Crippen LogP contribution is 2.18. The number of carbonyl (C=O) groups is 2. The van der Waals surface area contributed by atoms with Gasteiger partial charge in [-0.05, 0) is 37.6 Å². The second kappa shape index (κ2) is 9.12. The molecular formula is C20H23N7O3. The van der Waals surface area contributed by atoms with E-state index in [0.717, 1.165) is 5.69 Å². The summed E-state index contributed by atoms with van der Waals surface area (Å²) in [5, 5.41) is 11.3. The van der Waals surface area contributed by atoms with E-state index >= 15 is 0 Å². The van der Waals surface area contributed by atoms with Gasteiger partial charge in [0.25, 0.3) is 5.91 Å². The average molecular weight is 409 g/mol. The molecule has 2 heterocycles. The number of carbonyl (C=O) groups excluding carboxylic acids is 1. The van der Waals surface area contributed by atoms with E-state index in [2.05, 4.69) is 25.3 Å². The molecule has 30 heavy (non-hydrogen) atoms. The first-order valence-electron chi connectivity index (χ1n) is 9.40. The largest absolute Gasteiger partial charge is 0.481 e. The van der Waals surface area contributed by atoms with E-state index < -0.39 is 5.97 Å². The monoisotopic (exact) mass is 409 g/mol. The van der Waals surface area contributed by atoms with Gasteiger partial charge in [-0.2, -0.15) is 0 Å². The van der Waals surface area contributed by atoms with Crippen LogP contribution >= 0.6 is 0 Å². The van der Waals surface area contributed by atoms with Crippen molar-refractivity contribution in [3.63, 3.8) is 0 Å². The number of benzene rings is 1. The van der Waals surface area contributed by atoms with Crippen molar-refractivity contribution in [3.05, 3.63) is 47.5 Å². The van der Waals surface area contributed by atoms with Crippen LogP contribution in [-0.2, 0) is 11.3 Å². The number of aliphatic carboxylic acids is 1. The van der Waals surface area contributed by atoms with Gasteiger partial charge < -0.3 is 21.1 Å². The SMILES string of the molecule is Cc1nc(N)c2nc(CN(C)c3ccc(C(=O)NCCCC(=O)O)cc3)cnc2n1. The summed E-state index contributed by atoms with van der Waals surface area (Å²) in [4.78, 5) is 41.8. The molecule has 0 fully saturated rings. The first-order chi connectivity index (χ1) is 14.3. The summed E-state index contributed by atoms with van der Waals surface area (Å²) >= 11 is 0. The van der Waals surface area contributed by atoms with E-state index in [0.29, 0.717) is 53.6 Å². The summed E-state index contributed by atoms with van der Waals surface area (Å²) in [6.07, 6.45) is 2.08. The van der Waals surface area contributed by atoms with Crippen LogP contribution in [0.5, 0.6) is 0 Å². The summed E-state index contributed by atoms with van der Waals surface area (Å²) < 4.78 is 0. The Morgan fingerprint density at radius 3 is 2.60 bits per heavy atom. The number of nitrogen functional groups attached to an aromatic ring is 1. The van der Waals surface area contributed by atoms with Gasteiger partial charge in [0, 0.05) is 31.3 Å². The molecule has 0 aliphatic heterocycles. The number of carboxylic acid groups (broad SMARTS) is 1. The van der Waals surface area contributed by atoms with Crippen LogP contribution in [0.4, 0.5) is 11.5 Å². The molecule has 0 aliphatic carbocycles. The van der Waals surface area contributed by atoms with E-state index in [-0.39, 0.29) is 12.3 Å². The lowest BCUT2D eigenvalue weighted by Crippen LogP contribution is -2.25. The molecule has 3 aromatic rings. The number of hydrogen-bond donors (Lipinski definition) is 3. The Labute approximate surface area is 173 Å². The molecule has 4 N–H and O–H groups in total. The van der Waals surface area contributed by atoms with Crippen molar-refractivity contribution in [1.82, 2.24) is 25.3 Å². The van der Waals surface area contributed by atoms with E-state index in [1.54, 1.807) is 25.3 Å². The molecule has 2 aromatic heterocycles. The lowest BCUT2D eigenvalue weighted by Gasteiger charge is -2.19. The normalized spacial score (nSPS) is 10.7. The minimum Gasteiger partial charge on any atom is -0.481 e. The van der Waals surface area contributed by atoms with E-state index in [4.69, 9.17) is 10.8 Å². The summed E-state index contributed by atoms with van der Waals surface area (Å²) in [6, 6.07) is 7.11. The molecule has 0 saturated carbocycles. The molecule has 0 saturated heterocycles. The fourth-order valence-electron chi connectivity index (χ4n) is 2.90. The molecule has 0 radical (unpaired) electrons. The van der Waals surface area contributed by atoms with Gasteiger partial charge in [0.05, 0.1) is 18.4 Å². The molecule has 1 aromatic carbocycles. The molecule has 1 amide bonds. The smallest absolute Gasteiger partial charge is 0.303 e. The zero-order valence-corrected chi connectivity index (χ0v) is 16.8. The third-order valence-electron chi connectivity index (χ3n) is 4.42. The Morgan fingerprint density at radius 1 is 1.17 bits per heavy atom. The summed E-state index contributed by atoms with van der Waals surface area (Å²) in [6.45, 7) is 2.55. The van der Waals surface area contributed by atoms with E-state index in [1.165, 1.54) is 0 Å². The first-order valence-corrected chi connectivity index (χ1v) is 9.40. The van der Waals surface area contributed by atoms with E-state index in [1.807, 2.05) is 24.1 Å². The maximum absolute atomic E-state index is 12.1. The highest BCUT2D eigenvalue weighted by atomic mass is 16.4. The molecule has 0 aliphatic rings. The number of hydrogen-bond acceptors (Lipinski definition) is 8. The third-order valence-corrected chi connectivity index (χ3v) is 4.42. The number of aromatic nitrogens is 4. The maximum Gasteiger partial charge on any atom is 0.303 e. The Kier molecular flexibility index (Phi) is 6.35. The van der Waals surface area contributed by atoms with Crippen LogP contribution in [0, 0.1) is 6.92 Å². The van der Waals surface area contributed by atoms with Crippen LogP contribution in [0.3, 0.4) is 0 Å². The minimum atomic E-state index is -0.877. The second-order valence-corrected chi connectivity index (χ2v) is 6.85. The summed E-state index contributed by atoms with van der Waals surface area (Å²) in [5.41, 5.74) is 8.99. The topological polar surface area (TPSA) is 147 Å². The van der Waals surface area contributed by atoms with Crippen molar-refractivity contribution in [2.45, 2.75) is 26.3 Å². The van der Waals surface area contributed by atoms with Gasteiger partial charge >= 0.3 is 5.97 Å². The summed E-state index contributed by atoms with van der Waals surface area (Å²) in [7, 11) is 1.90. The fraction of sp³-hybridized carbons (Fsp3) is 0.300. The quantitative estimate of drug-likeness (QED) is 0.471. The second-order valence-electron chi connectivity index (χ2n) is 6.85. The van der Waals surface area contributed by atoms with Crippen molar-refractivity contribution in [2.24, 2.45) is 0 Å². The molecule has 0 bridgehead atoms. The predicted molar refractivity (Wildman–Crippen MR) is 112 cm³/mol. The van der Waals surface area contributed by atoms with Crippen molar-refractivity contribution < 1.29 is 14.7 Å². The van der Waals surface area contributed by atoms with Gasteiger partial charge in [0.2, 0.25) is 0 Å². The summed E-state index contributed by atoms with van der Waals surface area (Å²) in [5.74, 6) is -0.266. The van der Waals surface area contributed by atoms with Gasteiger partial charge in [0.15, 0.2) is 17.0 Å². The number of carboxylic acids is 1. The Balaban J connectivity index is 1.63. The number of rotatable bonds is 8. The number of fused-ring (bicyclic) bond motifs is 1. The van der Waals surface area contributed by atoms with Crippen molar-refractivity contribution in [3.8, 4) is 0 Å². The highest BCUT2D eigenvalue weighted by Gasteiger charge is 2.11. The van der Waals surface area contributed by atoms with Crippen molar-refractivity contribution >= 4 is 34.5 Å². The lowest BCUT2D eigenvalue weighted by atomic mass is 10.1. The van der Waals surface area contributed by atoms with Crippen LogP contribution in [0.1, 0.15) is 34.7 Å². The number of nitrogens with two attached hydrogens (primary N) is 1. The third kappa shape index (κ3) is 5.16. The zero-order valence-electron chi connectivity index (χ0n) is 16.8. The van der Waals surface area contributed by atoms with Gasteiger partial charge in [0.1, 0.15) is 5.82 Å². The van der Waals surface area contributed by atoms with Crippen LogP contribution in [0.15, 0.2) is 30.5 Å². The van der Waals surface area contributed by atoms with Crippen LogP contribution < -0.4 is 16.0 Å². The fourth-order valence-corrected chi connectivity index (χ4v) is 2.90. The lowest BCUT2D eigenvalue weighted by molar-refractivity contribution is -0.137. The number of amides is 1. The molecule has 3 rings (SSSR count). The van der Waals surface area contributed by atoms with Crippen LogP contribution in [0.25, 0.3) is 11.2 Å². The highest BCUT2D eigenvalue weighted by molar-refractivity contribution is 5.94. The number of aryl methyl sites for hydroxylation is 1. The van der Waals surface area contributed by atoms with Crippen molar-refractivity contribution in [1.29, 1.82) is 0 Å². The average Bonchev–Trinajstić information content (AvgIpc) is 2.71. The minimum absolute atomic E-state index is 0.0268. The van der Waals surface area contributed by atoms with Gasteiger partial charge in [-0.15, -0.1) is 0 Å². The molecule has 10 heteroatoms. The molecule has 0 spiro atoms. The zero-order chi connectivity index (χ0) is 21.7. The standard InChI is InChI=1S/C20H23N7O3/c1-12-24-18(21)17-19(25-12)23-10-14(26-17)11-27(2)15-7-5-13(6-8-15)20(30)22-9-3-4-16(28)29/h5-8,10H,3-4,9,11H2,1-2H3,(H,22,30)(H,28,29)(H2,21,23,24,25). The maximum atomic E-state index is 12.1. The van der Waals surface area contributed by atoms with Gasteiger partial charge in [-0.25, -0.2) is 19.9 Å². The molecule has 156 valence electrons. The Bertz CT molecular complexity index is 1070. The molecule has 10 nitrogen and oxygen atoms in total. The van der Waals surface area contributed by atoms with E-state index in [9.17, 15) is 9.59 Å². The Morgan fingerprint density at radius 2 is 1.90 bits per heavy atom. The first kappa shape index (κ1) is 20.9. The molecule has 0 unspecified atom stereocenters. The Hall–Kier alpha value is -3.82. The number of anilines is 2. The predicted octanol–water partition coefficient (Wildman–Crippen LogP) is 1.54. The van der Waals surface area contributed by atoms with Gasteiger partial charge in [-0.1, -0.05) is 0 Å². The van der Waals surface area contributed by atoms with Gasteiger partial charge in [-0.3, -0.25) is 9.59 Å². The molecular weight excluding hydrogens is 386 g/mol. The number of nitrogens with one attached hydrogen (secondary N) is 1. The van der Waals surface area contributed by atoms with Crippen LogP contribution in [0.2, 0.25) is 0 Å². The van der Waals surface area contributed by atoms with Crippen molar-refractivity contribution in [2.75, 3.05) is 24.2 Å².